The van der Waals surface area contributed by atoms with E-state index in [1.807, 2.05) is 55.5 Å². The third-order valence-electron chi connectivity index (χ3n) is 4.51. The molecular weight excluding hydrogens is 364 g/mol. The molecule has 0 aliphatic heterocycles. The number of aryl methyl sites for hydroxylation is 1. The number of hydrogen-bond donors (Lipinski definition) is 1. The molecule has 0 bridgehead atoms. The van der Waals surface area contributed by atoms with Crippen molar-refractivity contribution in [2.75, 3.05) is 26.0 Å². The van der Waals surface area contributed by atoms with Gasteiger partial charge in [-0.05, 0) is 42.7 Å². The summed E-state index contributed by atoms with van der Waals surface area (Å²) in [5.41, 5.74) is 3.37. The van der Waals surface area contributed by atoms with E-state index >= 15 is 0 Å². The number of nitrogens with zero attached hydrogens (tertiary/aromatic N) is 3. The minimum absolute atomic E-state index is 0.129. The average Bonchev–Trinajstić information content (AvgIpc) is 2.73. The van der Waals surface area contributed by atoms with Crippen molar-refractivity contribution in [1.82, 2.24) is 14.9 Å². The van der Waals surface area contributed by atoms with Gasteiger partial charge in [0.1, 0.15) is 11.4 Å². The number of rotatable bonds is 8. The highest BCUT2D eigenvalue weighted by atomic mass is 16.5. The quantitative estimate of drug-likeness (QED) is 0.635. The van der Waals surface area contributed by atoms with Crippen molar-refractivity contribution in [2.45, 2.75) is 19.9 Å². The van der Waals surface area contributed by atoms with Crippen LogP contribution in [0.4, 0.5) is 5.95 Å². The first kappa shape index (κ1) is 20.3. The zero-order valence-electron chi connectivity index (χ0n) is 17.1. The maximum atomic E-state index is 12.8. The van der Waals surface area contributed by atoms with Gasteiger partial charge in [-0.15, -0.1) is 0 Å². The molecule has 0 unspecified atom stereocenters. The number of amides is 1. The second-order valence-electron chi connectivity index (χ2n) is 6.89. The molecule has 3 aromatic rings. The van der Waals surface area contributed by atoms with Crippen molar-refractivity contribution in [1.29, 1.82) is 0 Å². The predicted molar refractivity (Wildman–Crippen MR) is 114 cm³/mol. The number of nitrogens with one attached hydrogen (secondary N) is 1. The highest BCUT2D eigenvalue weighted by Gasteiger charge is 2.15. The van der Waals surface area contributed by atoms with Gasteiger partial charge >= 0.3 is 0 Å². The predicted octanol–water partition coefficient (Wildman–Crippen LogP) is 3.72. The minimum Gasteiger partial charge on any atom is -0.497 e. The van der Waals surface area contributed by atoms with Gasteiger partial charge in [-0.3, -0.25) is 4.79 Å². The van der Waals surface area contributed by atoms with Crippen molar-refractivity contribution >= 4 is 11.9 Å². The molecular formula is C23H26N4O2. The fourth-order valence-electron chi connectivity index (χ4n) is 3.03. The summed E-state index contributed by atoms with van der Waals surface area (Å²) >= 11 is 0. The number of methoxy groups -OCH3 is 1. The molecule has 3 rings (SSSR count). The van der Waals surface area contributed by atoms with E-state index in [-0.39, 0.29) is 5.91 Å². The molecule has 0 spiro atoms. The van der Waals surface area contributed by atoms with Gasteiger partial charge < -0.3 is 15.0 Å². The molecule has 2 aromatic carbocycles. The van der Waals surface area contributed by atoms with Crippen molar-refractivity contribution in [3.63, 3.8) is 0 Å². The highest BCUT2D eigenvalue weighted by molar-refractivity contribution is 5.92. The topological polar surface area (TPSA) is 67.3 Å². The molecule has 29 heavy (non-hydrogen) atoms. The number of ether oxygens (including phenoxy) is 1. The van der Waals surface area contributed by atoms with E-state index in [2.05, 4.69) is 21.4 Å². The smallest absolute Gasteiger partial charge is 0.272 e. The van der Waals surface area contributed by atoms with E-state index < -0.39 is 0 Å². The first-order chi connectivity index (χ1) is 14.0. The molecule has 0 saturated heterocycles. The third kappa shape index (κ3) is 5.78. The van der Waals surface area contributed by atoms with Crippen LogP contribution in [0, 0.1) is 6.92 Å². The van der Waals surface area contributed by atoms with Crippen LogP contribution in [0.3, 0.4) is 0 Å². The Morgan fingerprint density at radius 1 is 1.03 bits per heavy atom. The van der Waals surface area contributed by atoms with E-state index in [1.165, 1.54) is 0 Å². The van der Waals surface area contributed by atoms with E-state index in [4.69, 9.17) is 4.74 Å². The number of hydrogen-bond acceptors (Lipinski definition) is 5. The summed E-state index contributed by atoms with van der Waals surface area (Å²) in [4.78, 5) is 23.3. The van der Waals surface area contributed by atoms with E-state index in [1.54, 1.807) is 25.1 Å². The summed E-state index contributed by atoms with van der Waals surface area (Å²) in [5, 5.41) is 3.22. The van der Waals surface area contributed by atoms with Crippen molar-refractivity contribution in [3.05, 3.63) is 83.2 Å². The van der Waals surface area contributed by atoms with Gasteiger partial charge in [0.15, 0.2) is 0 Å². The van der Waals surface area contributed by atoms with E-state index in [9.17, 15) is 4.79 Å². The van der Waals surface area contributed by atoms with Crippen molar-refractivity contribution < 1.29 is 9.53 Å². The lowest BCUT2D eigenvalue weighted by atomic mass is 10.1. The Morgan fingerprint density at radius 3 is 2.55 bits per heavy atom. The lowest BCUT2D eigenvalue weighted by molar-refractivity contribution is 0.0779. The lowest BCUT2D eigenvalue weighted by Crippen LogP contribution is -2.27. The maximum Gasteiger partial charge on any atom is 0.272 e. The van der Waals surface area contributed by atoms with Crippen LogP contribution in [-0.2, 0) is 13.0 Å². The summed E-state index contributed by atoms with van der Waals surface area (Å²) in [6.45, 7) is 3.05. The molecule has 150 valence electrons. The monoisotopic (exact) mass is 390 g/mol. The molecule has 1 amide bonds. The van der Waals surface area contributed by atoms with Gasteiger partial charge in [0.2, 0.25) is 5.95 Å². The molecule has 1 aromatic heterocycles. The molecule has 0 atom stereocenters. The number of anilines is 1. The molecule has 0 radical (unpaired) electrons. The molecule has 6 nitrogen and oxygen atoms in total. The van der Waals surface area contributed by atoms with Crippen LogP contribution in [0.25, 0.3) is 0 Å². The van der Waals surface area contributed by atoms with Gasteiger partial charge in [0, 0.05) is 25.8 Å². The molecule has 0 saturated carbocycles. The third-order valence-corrected chi connectivity index (χ3v) is 4.51. The summed E-state index contributed by atoms with van der Waals surface area (Å²) in [6, 6.07) is 19.6. The number of carbonyl (C=O) groups is 1. The first-order valence-corrected chi connectivity index (χ1v) is 9.57. The SMILES string of the molecule is COc1cccc(CCNc2nc(C)cc(C(=O)N(C)Cc3ccccc3)n2)c1. The normalized spacial score (nSPS) is 10.4. The van der Waals surface area contributed by atoms with Crippen LogP contribution in [0.5, 0.6) is 5.75 Å². The number of aromatic nitrogens is 2. The van der Waals surface area contributed by atoms with Crippen LogP contribution >= 0.6 is 0 Å². The number of carbonyl (C=O) groups excluding carboxylic acids is 1. The van der Waals surface area contributed by atoms with Crippen LogP contribution in [-0.4, -0.2) is 41.5 Å². The standard InChI is InChI=1S/C23H26N4O2/c1-17-14-21(22(28)27(2)16-19-8-5-4-6-9-19)26-23(25-17)24-13-12-18-10-7-11-20(15-18)29-3/h4-11,14-15H,12-13,16H2,1-3H3,(H,24,25,26). The van der Waals surface area contributed by atoms with Gasteiger partial charge in [-0.1, -0.05) is 42.5 Å². The van der Waals surface area contributed by atoms with Crippen LogP contribution < -0.4 is 10.1 Å². The Labute approximate surface area is 171 Å². The first-order valence-electron chi connectivity index (χ1n) is 9.57. The Kier molecular flexibility index (Phi) is 6.79. The second-order valence-corrected chi connectivity index (χ2v) is 6.89. The van der Waals surface area contributed by atoms with Gasteiger partial charge in [0.25, 0.3) is 5.91 Å². The van der Waals surface area contributed by atoms with E-state index in [0.717, 1.165) is 29.0 Å². The fourth-order valence-corrected chi connectivity index (χ4v) is 3.03. The molecule has 0 fully saturated rings. The van der Waals surface area contributed by atoms with Gasteiger partial charge in [0.05, 0.1) is 7.11 Å². The van der Waals surface area contributed by atoms with E-state index in [0.29, 0.717) is 24.7 Å². The van der Waals surface area contributed by atoms with Crippen LogP contribution in [0.2, 0.25) is 0 Å². The Balaban J connectivity index is 1.63. The maximum absolute atomic E-state index is 12.8. The summed E-state index contributed by atoms with van der Waals surface area (Å²) < 4.78 is 5.25. The molecule has 0 aliphatic rings. The molecule has 0 aliphatic carbocycles. The largest absolute Gasteiger partial charge is 0.497 e. The summed E-state index contributed by atoms with van der Waals surface area (Å²) in [5.74, 6) is 1.17. The summed E-state index contributed by atoms with van der Waals surface area (Å²) in [6.07, 6.45) is 0.797. The Morgan fingerprint density at radius 2 is 1.79 bits per heavy atom. The number of benzene rings is 2. The lowest BCUT2D eigenvalue weighted by Gasteiger charge is -2.17. The second kappa shape index (κ2) is 9.68. The van der Waals surface area contributed by atoms with Gasteiger partial charge in [-0.2, -0.15) is 0 Å². The van der Waals surface area contributed by atoms with Crippen molar-refractivity contribution in [2.24, 2.45) is 0 Å². The highest BCUT2D eigenvalue weighted by Crippen LogP contribution is 2.14. The van der Waals surface area contributed by atoms with Crippen LogP contribution in [0.1, 0.15) is 27.3 Å². The molecule has 1 N–H and O–H groups in total. The zero-order valence-corrected chi connectivity index (χ0v) is 17.1. The average molecular weight is 390 g/mol. The molecule has 1 heterocycles. The summed E-state index contributed by atoms with van der Waals surface area (Å²) in [7, 11) is 3.44. The molecule has 6 heteroatoms. The van der Waals surface area contributed by atoms with Crippen molar-refractivity contribution in [3.8, 4) is 5.75 Å². The zero-order chi connectivity index (χ0) is 20.6. The minimum atomic E-state index is -0.129. The fraction of sp³-hybridized carbons (Fsp3) is 0.261. The Hall–Kier alpha value is -3.41. The van der Waals surface area contributed by atoms with Crippen LogP contribution in [0.15, 0.2) is 60.7 Å². The Bertz CT molecular complexity index is 960. The van der Waals surface area contributed by atoms with Gasteiger partial charge in [-0.25, -0.2) is 9.97 Å².